The van der Waals surface area contributed by atoms with Crippen molar-refractivity contribution in [1.29, 1.82) is 5.26 Å². The van der Waals surface area contributed by atoms with E-state index in [9.17, 15) is 0 Å². The van der Waals surface area contributed by atoms with E-state index in [1.807, 2.05) is 6.92 Å². The lowest BCUT2D eigenvalue weighted by atomic mass is 10.0. The standard InChI is InChI=1S/C13H12N4O/c1-8-12(16-7-17-13(8)15)10-5-9(6-14)3-4-11(10)18-2/h3-5,7H,1-2H3,(H2,15,16,17). The summed E-state index contributed by atoms with van der Waals surface area (Å²) in [6.07, 6.45) is 1.40. The Morgan fingerprint density at radius 2 is 2.11 bits per heavy atom. The number of nitrogens with two attached hydrogens (primary N) is 1. The molecule has 0 radical (unpaired) electrons. The van der Waals surface area contributed by atoms with Crippen LogP contribution < -0.4 is 10.5 Å². The molecule has 2 N–H and O–H groups in total. The Kier molecular flexibility index (Phi) is 3.11. The highest BCUT2D eigenvalue weighted by atomic mass is 16.5. The molecule has 0 spiro atoms. The molecular weight excluding hydrogens is 228 g/mol. The lowest BCUT2D eigenvalue weighted by Crippen LogP contribution is -2.00. The van der Waals surface area contributed by atoms with Crippen LogP contribution in [0.3, 0.4) is 0 Å². The topological polar surface area (TPSA) is 84.8 Å². The van der Waals surface area contributed by atoms with Gasteiger partial charge in [-0.15, -0.1) is 0 Å². The molecule has 2 rings (SSSR count). The number of nitrogen functional groups attached to an aromatic ring is 1. The minimum atomic E-state index is 0.421. The van der Waals surface area contributed by atoms with Crippen molar-refractivity contribution < 1.29 is 4.74 Å². The van der Waals surface area contributed by atoms with Gasteiger partial charge in [-0.25, -0.2) is 9.97 Å². The number of rotatable bonds is 2. The van der Waals surface area contributed by atoms with E-state index in [0.29, 0.717) is 22.8 Å². The fourth-order valence-electron chi connectivity index (χ4n) is 1.70. The van der Waals surface area contributed by atoms with Crippen LogP contribution in [0.5, 0.6) is 5.75 Å². The van der Waals surface area contributed by atoms with Crippen molar-refractivity contribution in [3.8, 4) is 23.1 Å². The maximum atomic E-state index is 8.95. The summed E-state index contributed by atoms with van der Waals surface area (Å²) in [5.74, 6) is 1.07. The third-order valence-electron chi connectivity index (χ3n) is 2.71. The van der Waals surface area contributed by atoms with Gasteiger partial charge in [0.15, 0.2) is 0 Å². The second kappa shape index (κ2) is 4.72. The second-order valence-electron chi connectivity index (χ2n) is 3.76. The van der Waals surface area contributed by atoms with Crippen molar-refractivity contribution in [2.75, 3.05) is 12.8 Å². The summed E-state index contributed by atoms with van der Waals surface area (Å²) in [6.45, 7) is 1.84. The highest BCUT2D eigenvalue weighted by molar-refractivity contribution is 5.73. The zero-order valence-electron chi connectivity index (χ0n) is 10.1. The Balaban J connectivity index is 2.69. The molecule has 0 bridgehead atoms. The summed E-state index contributed by atoms with van der Waals surface area (Å²) in [4.78, 5) is 8.14. The van der Waals surface area contributed by atoms with Crippen molar-refractivity contribution in [3.63, 3.8) is 0 Å². The van der Waals surface area contributed by atoms with Crippen molar-refractivity contribution >= 4 is 5.82 Å². The predicted molar refractivity (Wildman–Crippen MR) is 67.9 cm³/mol. The first-order valence-corrected chi connectivity index (χ1v) is 5.33. The minimum Gasteiger partial charge on any atom is -0.496 e. The number of ether oxygens (including phenoxy) is 1. The first-order valence-electron chi connectivity index (χ1n) is 5.33. The Bertz CT molecular complexity index is 631. The molecule has 0 atom stereocenters. The van der Waals surface area contributed by atoms with E-state index in [-0.39, 0.29) is 0 Å². The van der Waals surface area contributed by atoms with E-state index in [1.165, 1.54) is 6.33 Å². The molecule has 0 aliphatic rings. The number of methoxy groups -OCH3 is 1. The molecule has 18 heavy (non-hydrogen) atoms. The van der Waals surface area contributed by atoms with Crippen LogP contribution in [0.4, 0.5) is 5.82 Å². The summed E-state index contributed by atoms with van der Waals surface area (Å²) in [5.41, 5.74) is 8.49. The van der Waals surface area contributed by atoms with Gasteiger partial charge in [0.1, 0.15) is 17.9 Å². The van der Waals surface area contributed by atoms with E-state index < -0.39 is 0 Å². The lowest BCUT2D eigenvalue weighted by Gasteiger charge is -2.11. The van der Waals surface area contributed by atoms with Crippen LogP contribution in [0.1, 0.15) is 11.1 Å². The van der Waals surface area contributed by atoms with Crippen LogP contribution in [0, 0.1) is 18.3 Å². The minimum absolute atomic E-state index is 0.421. The van der Waals surface area contributed by atoms with Gasteiger partial charge in [0.05, 0.1) is 24.4 Å². The molecule has 2 aromatic rings. The molecule has 0 aliphatic carbocycles. The number of hydrogen-bond acceptors (Lipinski definition) is 5. The van der Waals surface area contributed by atoms with Crippen LogP contribution in [0.25, 0.3) is 11.3 Å². The molecule has 1 aromatic heterocycles. The summed E-state index contributed by atoms with van der Waals surface area (Å²) >= 11 is 0. The molecule has 0 amide bonds. The Morgan fingerprint density at radius 1 is 1.33 bits per heavy atom. The molecule has 0 unspecified atom stereocenters. The highest BCUT2D eigenvalue weighted by Crippen LogP contribution is 2.32. The molecule has 0 saturated heterocycles. The van der Waals surface area contributed by atoms with Crippen molar-refractivity contribution in [3.05, 3.63) is 35.7 Å². The first kappa shape index (κ1) is 11.9. The van der Waals surface area contributed by atoms with Crippen LogP contribution in [-0.2, 0) is 0 Å². The SMILES string of the molecule is COc1ccc(C#N)cc1-c1ncnc(N)c1C. The lowest BCUT2D eigenvalue weighted by molar-refractivity contribution is 0.416. The fraction of sp³-hybridized carbons (Fsp3) is 0.154. The molecule has 0 aliphatic heterocycles. The number of nitrogens with zero attached hydrogens (tertiary/aromatic N) is 3. The van der Waals surface area contributed by atoms with Gasteiger partial charge in [-0.3, -0.25) is 0 Å². The molecule has 0 saturated carbocycles. The van der Waals surface area contributed by atoms with Gasteiger partial charge >= 0.3 is 0 Å². The zero-order chi connectivity index (χ0) is 13.1. The molecular formula is C13H12N4O. The van der Waals surface area contributed by atoms with Crippen molar-refractivity contribution in [1.82, 2.24) is 9.97 Å². The van der Waals surface area contributed by atoms with Gasteiger partial charge < -0.3 is 10.5 Å². The van der Waals surface area contributed by atoms with Gasteiger partial charge in [-0.2, -0.15) is 5.26 Å². The Labute approximate surface area is 105 Å². The van der Waals surface area contributed by atoms with Crippen molar-refractivity contribution in [2.24, 2.45) is 0 Å². The molecule has 90 valence electrons. The smallest absolute Gasteiger partial charge is 0.130 e. The van der Waals surface area contributed by atoms with Crippen molar-refractivity contribution in [2.45, 2.75) is 6.92 Å². The zero-order valence-corrected chi connectivity index (χ0v) is 10.1. The van der Waals surface area contributed by atoms with Crippen LogP contribution in [0.15, 0.2) is 24.5 Å². The third kappa shape index (κ3) is 1.96. The Morgan fingerprint density at radius 3 is 2.78 bits per heavy atom. The van der Waals surface area contributed by atoms with Crippen LogP contribution >= 0.6 is 0 Å². The number of nitriles is 1. The monoisotopic (exact) mass is 240 g/mol. The second-order valence-corrected chi connectivity index (χ2v) is 3.76. The molecule has 1 heterocycles. The maximum absolute atomic E-state index is 8.95. The molecule has 0 fully saturated rings. The largest absolute Gasteiger partial charge is 0.496 e. The summed E-state index contributed by atoms with van der Waals surface area (Å²) in [7, 11) is 1.57. The first-order chi connectivity index (χ1) is 8.67. The average molecular weight is 240 g/mol. The van der Waals surface area contributed by atoms with Crippen LogP contribution in [-0.4, -0.2) is 17.1 Å². The van der Waals surface area contributed by atoms with E-state index in [1.54, 1.807) is 25.3 Å². The quantitative estimate of drug-likeness (QED) is 0.866. The number of benzene rings is 1. The Hall–Kier alpha value is -2.61. The highest BCUT2D eigenvalue weighted by Gasteiger charge is 2.12. The van der Waals surface area contributed by atoms with E-state index in [2.05, 4.69) is 16.0 Å². The third-order valence-corrected chi connectivity index (χ3v) is 2.71. The fourth-order valence-corrected chi connectivity index (χ4v) is 1.70. The van der Waals surface area contributed by atoms with E-state index >= 15 is 0 Å². The van der Waals surface area contributed by atoms with Gasteiger partial charge in [-0.05, 0) is 25.1 Å². The van der Waals surface area contributed by atoms with E-state index in [4.69, 9.17) is 15.7 Å². The molecule has 5 heteroatoms. The average Bonchev–Trinajstić information content (AvgIpc) is 2.41. The van der Waals surface area contributed by atoms with Gasteiger partial charge in [0.2, 0.25) is 0 Å². The number of hydrogen-bond donors (Lipinski definition) is 1. The predicted octanol–water partition coefficient (Wildman–Crippen LogP) is 1.91. The summed E-state index contributed by atoms with van der Waals surface area (Å²) in [5, 5.41) is 8.95. The molecule has 5 nitrogen and oxygen atoms in total. The summed E-state index contributed by atoms with van der Waals surface area (Å²) in [6, 6.07) is 7.26. The van der Waals surface area contributed by atoms with Gasteiger partial charge in [-0.1, -0.05) is 0 Å². The number of anilines is 1. The molecule has 1 aromatic carbocycles. The van der Waals surface area contributed by atoms with Crippen LogP contribution in [0.2, 0.25) is 0 Å². The van der Waals surface area contributed by atoms with E-state index in [0.717, 1.165) is 11.1 Å². The maximum Gasteiger partial charge on any atom is 0.130 e. The van der Waals surface area contributed by atoms with Gasteiger partial charge in [0, 0.05) is 11.1 Å². The normalized spacial score (nSPS) is 9.83. The summed E-state index contributed by atoms with van der Waals surface area (Å²) < 4.78 is 5.28. The van der Waals surface area contributed by atoms with Gasteiger partial charge in [0.25, 0.3) is 0 Å². The number of aromatic nitrogens is 2.